The smallest absolute Gasteiger partial charge is 0.270 e. The maximum atomic E-state index is 12.4. The van der Waals surface area contributed by atoms with E-state index in [1.165, 1.54) is 12.1 Å². The van der Waals surface area contributed by atoms with Crippen LogP contribution in [0.3, 0.4) is 0 Å². The van der Waals surface area contributed by atoms with Gasteiger partial charge in [0.05, 0.1) is 15.5 Å². The molecule has 0 spiro atoms. The predicted octanol–water partition coefficient (Wildman–Crippen LogP) is 1.73. The second-order valence-corrected chi connectivity index (χ2v) is 6.46. The van der Waals surface area contributed by atoms with Gasteiger partial charge in [-0.15, -0.1) is 0 Å². The number of nitro benzene ring substituents is 1. The van der Waals surface area contributed by atoms with E-state index in [0.29, 0.717) is 6.54 Å². The van der Waals surface area contributed by atoms with Crippen LogP contribution in [-0.2, 0) is 4.79 Å². The first-order chi connectivity index (χ1) is 11.7. The Morgan fingerprint density at radius 3 is 2.40 bits per heavy atom. The van der Waals surface area contributed by atoms with Gasteiger partial charge in [-0.3, -0.25) is 19.7 Å². The third-order valence-corrected chi connectivity index (χ3v) is 4.03. The lowest BCUT2D eigenvalue weighted by Crippen LogP contribution is -2.51. The van der Waals surface area contributed by atoms with E-state index in [9.17, 15) is 19.7 Å². The van der Waals surface area contributed by atoms with Crippen LogP contribution in [-0.4, -0.2) is 42.4 Å². The first kappa shape index (κ1) is 20.9. The maximum Gasteiger partial charge on any atom is 0.270 e. The van der Waals surface area contributed by atoms with Crippen molar-refractivity contribution in [3.63, 3.8) is 0 Å². The number of non-ortho nitro benzene ring substituents is 1. The third-order valence-electron chi connectivity index (χ3n) is 3.72. The van der Waals surface area contributed by atoms with E-state index in [0.717, 1.165) is 6.07 Å². The minimum absolute atomic E-state index is 0.0431. The molecular weight excluding hydrogens is 348 g/mol. The summed E-state index contributed by atoms with van der Waals surface area (Å²) in [6, 6.07) is 2.92. The molecule has 0 bridgehead atoms. The summed E-state index contributed by atoms with van der Waals surface area (Å²) in [4.78, 5) is 34.9. The van der Waals surface area contributed by atoms with Gasteiger partial charge in [-0.2, -0.15) is 0 Å². The fraction of sp³-hybridized carbons (Fsp3) is 0.500. The third kappa shape index (κ3) is 5.99. The minimum atomic E-state index is -0.747. The second kappa shape index (κ2) is 9.33. The van der Waals surface area contributed by atoms with E-state index in [2.05, 4.69) is 16.0 Å². The Bertz CT molecular complexity index is 651. The topological polar surface area (TPSA) is 113 Å². The summed E-state index contributed by atoms with van der Waals surface area (Å²) in [5, 5.41) is 19.1. The van der Waals surface area contributed by atoms with Crippen LogP contribution in [0.15, 0.2) is 18.2 Å². The Morgan fingerprint density at radius 2 is 1.92 bits per heavy atom. The largest absolute Gasteiger partial charge is 0.353 e. The first-order valence-corrected chi connectivity index (χ1v) is 8.25. The Morgan fingerprint density at radius 1 is 1.28 bits per heavy atom. The molecule has 2 atom stereocenters. The number of hydrogen-bond acceptors (Lipinski definition) is 5. The molecule has 9 heteroatoms. The van der Waals surface area contributed by atoms with Crippen LogP contribution in [0.5, 0.6) is 0 Å². The summed E-state index contributed by atoms with van der Waals surface area (Å²) in [7, 11) is 1.79. The average molecular weight is 371 g/mol. The monoisotopic (exact) mass is 370 g/mol. The van der Waals surface area contributed by atoms with Crippen molar-refractivity contribution in [3.05, 3.63) is 38.9 Å². The van der Waals surface area contributed by atoms with Gasteiger partial charge < -0.3 is 16.0 Å². The second-order valence-electron chi connectivity index (χ2n) is 6.05. The van der Waals surface area contributed by atoms with Crippen LogP contribution in [0, 0.1) is 16.0 Å². The predicted molar refractivity (Wildman–Crippen MR) is 95.7 cm³/mol. The van der Waals surface area contributed by atoms with Gasteiger partial charge in [0, 0.05) is 24.7 Å². The highest BCUT2D eigenvalue weighted by molar-refractivity contribution is 6.34. The molecule has 2 amide bonds. The number of nitro groups is 1. The van der Waals surface area contributed by atoms with Gasteiger partial charge >= 0.3 is 0 Å². The van der Waals surface area contributed by atoms with E-state index in [1.54, 1.807) is 7.05 Å². The first-order valence-electron chi connectivity index (χ1n) is 7.87. The van der Waals surface area contributed by atoms with Crippen LogP contribution in [0.25, 0.3) is 0 Å². The van der Waals surface area contributed by atoms with Crippen LogP contribution in [0.1, 0.15) is 31.1 Å². The Kier molecular flexibility index (Phi) is 7.79. The Labute approximate surface area is 151 Å². The van der Waals surface area contributed by atoms with Crippen LogP contribution in [0.4, 0.5) is 5.69 Å². The molecule has 2 unspecified atom stereocenters. The lowest BCUT2D eigenvalue weighted by molar-refractivity contribution is -0.384. The molecule has 0 aliphatic carbocycles. The molecule has 3 N–H and O–H groups in total. The normalized spacial score (nSPS) is 13.2. The summed E-state index contributed by atoms with van der Waals surface area (Å²) in [6.07, 6.45) is 0. The summed E-state index contributed by atoms with van der Waals surface area (Å²) in [5.41, 5.74) is -0.130. The van der Waals surface area contributed by atoms with Crippen LogP contribution >= 0.6 is 11.6 Å². The van der Waals surface area contributed by atoms with Crippen LogP contribution < -0.4 is 16.0 Å². The van der Waals surface area contributed by atoms with Gasteiger partial charge in [0.1, 0.15) is 6.04 Å². The highest BCUT2D eigenvalue weighted by atomic mass is 35.5. The molecule has 0 saturated heterocycles. The van der Waals surface area contributed by atoms with Gasteiger partial charge in [-0.25, -0.2) is 0 Å². The molecule has 1 aromatic carbocycles. The summed E-state index contributed by atoms with van der Waals surface area (Å²) >= 11 is 5.96. The summed E-state index contributed by atoms with van der Waals surface area (Å²) in [5.74, 6) is -1.01. The van der Waals surface area contributed by atoms with Gasteiger partial charge in [0.25, 0.3) is 11.6 Å². The molecule has 0 aromatic heterocycles. The van der Waals surface area contributed by atoms with E-state index in [-0.39, 0.29) is 34.1 Å². The van der Waals surface area contributed by atoms with Crippen molar-refractivity contribution >= 4 is 29.1 Å². The Balaban J connectivity index is 2.86. The zero-order valence-electron chi connectivity index (χ0n) is 14.6. The van der Waals surface area contributed by atoms with Crippen LogP contribution in [0.2, 0.25) is 5.02 Å². The van der Waals surface area contributed by atoms with Crippen molar-refractivity contribution in [2.45, 2.75) is 32.9 Å². The average Bonchev–Trinajstić information content (AvgIpc) is 2.56. The Hall–Kier alpha value is -2.19. The minimum Gasteiger partial charge on any atom is -0.353 e. The number of nitrogens with zero attached hydrogens (tertiary/aromatic N) is 1. The van der Waals surface area contributed by atoms with E-state index in [4.69, 9.17) is 11.6 Å². The molecule has 0 aliphatic heterocycles. The number of rotatable bonds is 8. The number of halogens is 1. The fourth-order valence-corrected chi connectivity index (χ4v) is 2.28. The standard InChI is InChI=1S/C16H23ClN4O4/c1-9(2)14(16(23)19-8-10(3)18-4)20-15(22)12-6-5-11(21(24)25)7-13(12)17/h5-7,9-10,14,18H,8H2,1-4H3,(H,19,23)(H,20,22). The molecule has 1 rings (SSSR count). The SMILES string of the molecule is CNC(C)CNC(=O)C(NC(=O)c1ccc([N+](=O)[O-])cc1Cl)C(C)C. The van der Waals surface area contributed by atoms with Gasteiger partial charge in [0.15, 0.2) is 0 Å². The van der Waals surface area contributed by atoms with E-state index in [1.807, 2.05) is 20.8 Å². The number of amides is 2. The van der Waals surface area contributed by atoms with E-state index >= 15 is 0 Å². The maximum absolute atomic E-state index is 12.4. The molecule has 1 aromatic rings. The molecule has 0 aliphatic rings. The zero-order valence-corrected chi connectivity index (χ0v) is 15.4. The number of carbonyl (C=O) groups excluding carboxylic acids is 2. The quantitative estimate of drug-likeness (QED) is 0.476. The molecular formula is C16H23ClN4O4. The van der Waals surface area contributed by atoms with E-state index < -0.39 is 16.9 Å². The number of hydrogen-bond donors (Lipinski definition) is 3. The fourth-order valence-electron chi connectivity index (χ4n) is 2.02. The van der Waals surface area contributed by atoms with Gasteiger partial charge in [0.2, 0.25) is 5.91 Å². The molecule has 138 valence electrons. The number of carbonyl (C=O) groups is 2. The highest BCUT2D eigenvalue weighted by Crippen LogP contribution is 2.22. The summed E-state index contributed by atoms with van der Waals surface area (Å²) < 4.78 is 0. The lowest BCUT2D eigenvalue weighted by Gasteiger charge is -2.23. The van der Waals surface area contributed by atoms with Crippen molar-refractivity contribution in [3.8, 4) is 0 Å². The molecule has 0 saturated carbocycles. The van der Waals surface area contributed by atoms with Gasteiger partial charge in [-0.05, 0) is 26.0 Å². The molecule has 0 heterocycles. The molecule has 8 nitrogen and oxygen atoms in total. The molecule has 0 fully saturated rings. The zero-order chi connectivity index (χ0) is 19.1. The van der Waals surface area contributed by atoms with Gasteiger partial charge in [-0.1, -0.05) is 25.4 Å². The van der Waals surface area contributed by atoms with Crippen molar-refractivity contribution in [1.82, 2.24) is 16.0 Å². The number of benzene rings is 1. The molecule has 0 radical (unpaired) electrons. The number of likely N-dealkylation sites (N-methyl/N-ethyl adjacent to an activating group) is 1. The molecule has 25 heavy (non-hydrogen) atoms. The number of nitrogens with one attached hydrogen (secondary N) is 3. The van der Waals surface area contributed by atoms with Crippen molar-refractivity contribution in [1.29, 1.82) is 0 Å². The van der Waals surface area contributed by atoms with Crippen molar-refractivity contribution < 1.29 is 14.5 Å². The lowest BCUT2D eigenvalue weighted by atomic mass is 10.0. The van der Waals surface area contributed by atoms with Crippen molar-refractivity contribution in [2.24, 2.45) is 5.92 Å². The highest BCUT2D eigenvalue weighted by Gasteiger charge is 2.26. The summed E-state index contributed by atoms with van der Waals surface area (Å²) in [6.45, 7) is 5.96. The van der Waals surface area contributed by atoms with Crippen molar-refractivity contribution in [2.75, 3.05) is 13.6 Å².